The van der Waals surface area contributed by atoms with Crippen LogP contribution in [-0.2, 0) is 11.2 Å². The molecule has 0 saturated heterocycles. The fourth-order valence-corrected chi connectivity index (χ4v) is 2.71. The van der Waals surface area contributed by atoms with Gasteiger partial charge >= 0.3 is 0 Å². The van der Waals surface area contributed by atoms with Crippen molar-refractivity contribution >= 4 is 34.8 Å². The lowest BCUT2D eigenvalue weighted by molar-refractivity contribution is -0.115. The summed E-state index contributed by atoms with van der Waals surface area (Å²) in [6.45, 7) is 0.885. The van der Waals surface area contributed by atoms with E-state index in [1.807, 2.05) is 0 Å². The monoisotopic (exact) mass is 353 g/mol. The summed E-state index contributed by atoms with van der Waals surface area (Å²) in [7, 11) is 0. The summed E-state index contributed by atoms with van der Waals surface area (Å²) in [6, 6.07) is 7.81. The van der Waals surface area contributed by atoms with E-state index in [2.05, 4.69) is 5.32 Å². The van der Waals surface area contributed by atoms with Crippen LogP contribution in [0.3, 0.4) is 0 Å². The first-order valence-electron chi connectivity index (χ1n) is 6.89. The molecule has 1 amide bonds. The number of ether oxygens (including phenoxy) is 2. The molecule has 0 atom stereocenters. The summed E-state index contributed by atoms with van der Waals surface area (Å²) in [5.41, 5.74) is 0.935. The average Bonchev–Trinajstić information content (AvgIpc) is 2.51. The van der Waals surface area contributed by atoms with Gasteiger partial charge in [-0.1, -0.05) is 23.2 Å². The number of amides is 1. The van der Waals surface area contributed by atoms with Crippen LogP contribution >= 0.6 is 23.2 Å². The van der Waals surface area contributed by atoms with Crippen LogP contribution in [0, 0.1) is 0 Å². The van der Waals surface area contributed by atoms with Crippen LogP contribution in [0.5, 0.6) is 17.2 Å². The van der Waals surface area contributed by atoms with Gasteiger partial charge in [0.1, 0.15) is 19.0 Å². The van der Waals surface area contributed by atoms with Crippen molar-refractivity contribution in [1.29, 1.82) is 0 Å². The van der Waals surface area contributed by atoms with Crippen LogP contribution in [0.15, 0.2) is 30.3 Å². The molecule has 1 heterocycles. The van der Waals surface area contributed by atoms with Crippen LogP contribution in [0.25, 0.3) is 0 Å². The van der Waals surface area contributed by atoms with Crippen LogP contribution in [-0.4, -0.2) is 24.2 Å². The first-order chi connectivity index (χ1) is 11.0. The molecule has 0 radical (unpaired) electrons. The zero-order valence-corrected chi connectivity index (χ0v) is 13.4. The standard InChI is InChI=1S/C16H13Cl2NO4/c17-10-1-2-13(20)12(8-10)19-15(21)7-9-5-11(18)16-14(6-9)22-3-4-23-16/h1-2,5-6,8,20H,3-4,7H2,(H,19,21). The highest BCUT2D eigenvalue weighted by molar-refractivity contribution is 6.32. The second-order valence-corrected chi connectivity index (χ2v) is 5.83. The first-order valence-corrected chi connectivity index (χ1v) is 7.65. The quantitative estimate of drug-likeness (QED) is 0.826. The number of halogens is 2. The molecule has 0 spiro atoms. The van der Waals surface area contributed by atoms with Gasteiger partial charge in [-0.25, -0.2) is 0 Å². The van der Waals surface area contributed by atoms with E-state index in [-0.39, 0.29) is 23.8 Å². The van der Waals surface area contributed by atoms with Crippen LogP contribution < -0.4 is 14.8 Å². The maximum absolute atomic E-state index is 12.1. The molecule has 7 heteroatoms. The van der Waals surface area contributed by atoms with Gasteiger partial charge in [-0.15, -0.1) is 0 Å². The Morgan fingerprint density at radius 1 is 1.17 bits per heavy atom. The van der Waals surface area contributed by atoms with Crippen molar-refractivity contribution in [3.63, 3.8) is 0 Å². The number of carbonyl (C=O) groups is 1. The van der Waals surface area contributed by atoms with E-state index in [1.54, 1.807) is 12.1 Å². The largest absolute Gasteiger partial charge is 0.506 e. The Morgan fingerprint density at radius 2 is 1.96 bits per heavy atom. The maximum atomic E-state index is 12.1. The number of benzene rings is 2. The lowest BCUT2D eigenvalue weighted by Gasteiger charge is -2.20. The minimum atomic E-state index is -0.310. The maximum Gasteiger partial charge on any atom is 0.228 e. The second kappa shape index (κ2) is 6.56. The predicted octanol–water partition coefficient (Wildman–Crippen LogP) is 3.65. The summed E-state index contributed by atoms with van der Waals surface area (Å²) in [5.74, 6) is 0.657. The number of aromatic hydroxyl groups is 1. The van der Waals surface area contributed by atoms with E-state index in [9.17, 15) is 9.90 Å². The Morgan fingerprint density at radius 3 is 2.78 bits per heavy atom. The molecule has 2 aromatic rings. The number of phenolic OH excluding ortho intramolecular Hbond substituents is 1. The van der Waals surface area contributed by atoms with Crippen LogP contribution in [0.4, 0.5) is 5.69 Å². The van der Waals surface area contributed by atoms with Gasteiger partial charge in [-0.3, -0.25) is 4.79 Å². The van der Waals surface area contributed by atoms with Crippen molar-refractivity contribution in [2.75, 3.05) is 18.5 Å². The van der Waals surface area contributed by atoms with Crippen LogP contribution in [0.2, 0.25) is 10.0 Å². The van der Waals surface area contributed by atoms with E-state index in [0.29, 0.717) is 40.3 Å². The zero-order chi connectivity index (χ0) is 16.4. The van der Waals surface area contributed by atoms with Gasteiger partial charge < -0.3 is 19.9 Å². The first kappa shape index (κ1) is 15.8. The molecule has 1 aliphatic rings. The Balaban J connectivity index is 1.75. The highest BCUT2D eigenvalue weighted by atomic mass is 35.5. The summed E-state index contributed by atoms with van der Waals surface area (Å²) >= 11 is 12.0. The number of phenols is 1. The summed E-state index contributed by atoms with van der Waals surface area (Å²) in [5, 5.41) is 13.1. The van der Waals surface area contributed by atoms with Gasteiger partial charge in [-0.2, -0.15) is 0 Å². The lowest BCUT2D eigenvalue weighted by atomic mass is 10.1. The minimum Gasteiger partial charge on any atom is -0.506 e. The summed E-state index contributed by atoms with van der Waals surface area (Å²) in [6.07, 6.45) is 0.0717. The van der Waals surface area contributed by atoms with Crippen molar-refractivity contribution in [2.24, 2.45) is 0 Å². The molecule has 2 N–H and O–H groups in total. The van der Waals surface area contributed by atoms with E-state index < -0.39 is 0 Å². The summed E-state index contributed by atoms with van der Waals surface area (Å²) in [4.78, 5) is 12.1. The van der Waals surface area contributed by atoms with E-state index in [1.165, 1.54) is 18.2 Å². The SMILES string of the molecule is O=C(Cc1cc(Cl)c2c(c1)OCCO2)Nc1cc(Cl)ccc1O. The molecule has 0 saturated carbocycles. The van der Waals surface area contributed by atoms with Crippen molar-refractivity contribution in [1.82, 2.24) is 0 Å². The van der Waals surface area contributed by atoms with Gasteiger partial charge in [0.15, 0.2) is 11.5 Å². The van der Waals surface area contributed by atoms with E-state index in [0.717, 1.165) is 0 Å². The van der Waals surface area contributed by atoms with Gasteiger partial charge in [-0.05, 0) is 35.9 Å². The predicted molar refractivity (Wildman–Crippen MR) is 87.9 cm³/mol. The van der Waals surface area contributed by atoms with Crippen molar-refractivity contribution < 1.29 is 19.4 Å². The number of fused-ring (bicyclic) bond motifs is 1. The zero-order valence-electron chi connectivity index (χ0n) is 11.9. The van der Waals surface area contributed by atoms with Crippen LogP contribution in [0.1, 0.15) is 5.56 Å². The van der Waals surface area contributed by atoms with Crippen molar-refractivity contribution in [2.45, 2.75) is 6.42 Å². The van der Waals surface area contributed by atoms with Gasteiger partial charge in [0.25, 0.3) is 0 Å². The Bertz CT molecular complexity index is 764. The smallest absolute Gasteiger partial charge is 0.228 e. The minimum absolute atomic E-state index is 0.0528. The number of anilines is 1. The van der Waals surface area contributed by atoms with Crippen molar-refractivity contribution in [3.8, 4) is 17.2 Å². The molecule has 2 aromatic carbocycles. The molecule has 0 unspecified atom stereocenters. The third kappa shape index (κ3) is 3.63. The number of nitrogens with one attached hydrogen (secondary N) is 1. The topological polar surface area (TPSA) is 67.8 Å². The van der Waals surface area contributed by atoms with E-state index >= 15 is 0 Å². The Kier molecular flexibility index (Phi) is 4.50. The third-order valence-corrected chi connectivity index (χ3v) is 3.77. The molecular formula is C16H13Cl2NO4. The molecule has 0 fully saturated rings. The van der Waals surface area contributed by atoms with E-state index in [4.69, 9.17) is 32.7 Å². The van der Waals surface area contributed by atoms with Gasteiger partial charge in [0.05, 0.1) is 17.1 Å². The second-order valence-electron chi connectivity index (χ2n) is 4.99. The molecule has 23 heavy (non-hydrogen) atoms. The number of carbonyl (C=O) groups excluding carboxylic acids is 1. The number of rotatable bonds is 3. The van der Waals surface area contributed by atoms with Gasteiger partial charge in [0.2, 0.25) is 5.91 Å². The lowest BCUT2D eigenvalue weighted by Crippen LogP contribution is -2.17. The highest BCUT2D eigenvalue weighted by Gasteiger charge is 2.18. The fraction of sp³-hybridized carbons (Fsp3) is 0.188. The molecule has 3 rings (SSSR count). The Hall–Kier alpha value is -2.11. The molecular weight excluding hydrogens is 341 g/mol. The average molecular weight is 354 g/mol. The summed E-state index contributed by atoms with van der Waals surface area (Å²) < 4.78 is 10.9. The molecule has 0 aliphatic carbocycles. The molecule has 0 aromatic heterocycles. The van der Waals surface area contributed by atoms with Gasteiger partial charge in [0, 0.05) is 5.02 Å². The molecule has 0 bridgehead atoms. The normalized spacial score (nSPS) is 12.8. The highest BCUT2D eigenvalue weighted by Crippen LogP contribution is 2.38. The Labute approximate surface area is 142 Å². The number of hydrogen-bond donors (Lipinski definition) is 2. The third-order valence-electron chi connectivity index (χ3n) is 3.25. The number of hydrogen-bond acceptors (Lipinski definition) is 4. The fourth-order valence-electron chi connectivity index (χ4n) is 2.25. The molecule has 5 nitrogen and oxygen atoms in total. The molecule has 120 valence electrons. The molecule has 1 aliphatic heterocycles. The van der Waals surface area contributed by atoms with Crippen molar-refractivity contribution in [3.05, 3.63) is 45.9 Å².